The fraction of sp³-hybridized carbons (Fsp3) is 0.457. The molecule has 1 aliphatic carbocycles. The Bertz CT molecular complexity index is 1840. The van der Waals surface area contributed by atoms with Crippen LogP contribution in [0, 0.1) is 5.82 Å². The van der Waals surface area contributed by atoms with Gasteiger partial charge in [0.25, 0.3) is 11.5 Å². The molecule has 0 saturated carbocycles. The Hall–Kier alpha value is -4.14. The maximum absolute atomic E-state index is 15.3. The van der Waals surface area contributed by atoms with Gasteiger partial charge in [0, 0.05) is 69.3 Å². The van der Waals surface area contributed by atoms with Gasteiger partial charge in [-0.15, -0.1) is 0 Å². The number of carbonyl (C=O) groups excluding carboxylic acids is 1. The molecule has 1 unspecified atom stereocenters. The molecule has 5 heterocycles. The number of rotatable bonds is 8. The monoisotopic (exact) mass is 658 g/mol. The average molecular weight is 659 g/mol. The van der Waals surface area contributed by atoms with Crippen LogP contribution in [0.1, 0.15) is 40.2 Å². The number of ether oxygens (including phenoxy) is 1. The largest absolute Gasteiger partial charge is 0.392 e. The minimum absolute atomic E-state index is 0.0502. The van der Waals surface area contributed by atoms with Gasteiger partial charge in [-0.05, 0) is 73.2 Å². The van der Waals surface area contributed by atoms with E-state index >= 15 is 4.39 Å². The first-order valence-electron chi connectivity index (χ1n) is 16.7. The van der Waals surface area contributed by atoms with Crippen LogP contribution in [0.25, 0.3) is 11.1 Å². The number of piperazine rings is 1. The average Bonchev–Trinajstić information content (AvgIpc) is 3.45. The molecule has 1 atom stereocenters. The molecule has 12 nitrogen and oxygen atoms in total. The van der Waals surface area contributed by atoms with Crippen LogP contribution in [0.15, 0.2) is 52.4 Å². The third kappa shape index (κ3) is 6.12. The van der Waals surface area contributed by atoms with Crippen LogP contribution >= 0.6 is 0 Å². The predicted molar refractivity (Wildman–Crippen MR) is 182 cm³/mol. The first-order chi connectivity index (χ1) is 23.2. The van der Waals surface area contributed by atoms with Crippen LogP contribution in [0.3, 0.4) is 0 Å². The van der Waals surface area contributed by atoms with E-state index < -0.39 is 18.0 Å². The Balaban J connectivity index is 1.14. The summed E-state index contributed by atoms with van der Waals surface area (Å²) in [6.45, 7) is 5.55. The highest BCUT2D eigenvalue weighted by molar-refractivity contribution is 6.07. The lowest BCUT2D eigenvalue weighted by molar-refractivity contribution is -0.0783. The highest BCUT2D eigenvalue weighted by Crippen LogP contribution is 2.36. The van der Waals surface area contributed by atoms with Crippen LogP contribution in [0.2, 0.25) is 0 Å². The van der Waals surface area contributed by atoms with Crippen molar-refractivity contribution in [3.05, 3.63) is 81.3 Å². The Labute approximate surface area is 278 Å². The number of benzene rings is 1. The number of carbonyl (C=O) groups is 1. The summed E-state index contributed by atoms with van der Waals surface area (Å²) in [5.41, 5.74) is 16.8. The third-order valence-corrected chi connectivity index (χ3v) is 10.2. The molecular weight excluding hydrogens is 615 g/mol. The van der Waals surface area contributed by atoms with Crippen LogP contribution in [0.5, 0.6) is 0 Å². The number of aliphatic imine (C=N–C) groups is 1. The van der Waals surface area contributed by atoms with Gasteiger partial charge in [0.15, 0.2) is 0 Å². The number of aliphatic hydroxyl groups is 1. The number of aromatic nitrogens is 2. The van der Waals surface area contributed by atoms with Crippen molar-refractivity contribution in [2.45, 2.75) is 51.0 Å². The minimum atomic E-state index is -0.567. The lowest BCUT2D eigenvalue weighted by Gasteiger charge is -2.43. The molecule has 3 aliphatic heterocycles. The Morgan fingerprint density at radius 2 is 1.85 bits per heavy atom. The van der Waals surface area contributed by atoms with Gasteiger partial charge < -0.3 is 35.3 Å². The second-order valence-corrected chi connectivity index (χ2v) is 13.1. The first kappa shape index (κ1) is 32.4. The molecule has 254 valence electrons. The second kappa shape index (κ2) is 13.4. The van der Waals surface area contributed by atoms with Gasteiger partial charge >= 0.3 is 0 Å². The lowest BCUT2D eigenvalue weighted by atomic mass is 9.98. The molecule has 4 aliphatic rings. The number of hydrogen-bond donors (Lipinski definition) is 3. The van der Waals surface area contributed by atoms with Crippen LogP contribution < -0.4 is 21.9 Å². The van der Waals surface area contributed by atoms with Gasteiger partial charge in [-0.2, -0.15) is 0 Å². The molecular formula is C35H43FN8O4. The Morgan fingerprint density at radius 1 is 1.08 bits per heavy atom. The molecule has 0 radical (unpaired) electrons. The summed E-state index contributed by atoms with van der Waals surface area (Å²) in [6.07, 6.45) is 8.67. The Morgan fingerprint density at radius 3 is 2.58 bits per heavy atom. The van der Waals surface area contributed by atoms with Crippen molar-refractivity contribution in [1.82, 2.24) is 18.9 Å². The van der Waals surface area contributed by atoms with Crippen LogP contribution in [-0.2, 0) is 37.8 Å². The maximum Gasteiger partial charge on any atom is 0.276 e. The number of amides is 1. The number of halogens is 1. The topological polar surface area (TPSA) is 148 Å². The number of hydrogen-bond acceptors (Lipinski definition) is 8. The molecule has 5 N–H and O–H groups in total. The number of nitrogens with two attached hydrogens (primary N) is 2. The molecule has 0 bridgehead atoms. The van der Waals surface area contributed by atoms with E-state index in [1.165, 1.54) is 34.0 Å². The van der Waals surface area contributed by atoms with Gasteiger partial charge in [-0.1, -0.05) is 0 Å². The molecule has 2 aromatic heterocycles. The fourth-order valence-corrected chi connectivity index (χ4v) is 7.41. The summed E-state index contributed by atoms with van der Waals surface area (Å²) in [7, 11) is 1.57. The van der Waals surface area contributed by atoms with Crippen molar-refractivity contribution in [2.24, 2.45) is 23.5 Å². The van der Waals surface area contributed by atoms with Crippen molar-refractivity contribution in [2.75, 3.05) is 50.8 Å². The molecule has 2 fully saturated rings. The fourth-order valence-electron chi connectivity index (χ4n) is 7.41. The summed E-state index contributed by atoms with van der Waals surface area (Å²) in [4.78, 5) is 37.4. The van der Waals surface area contributed by atoms with E-state index in [0.29, 0.717) is 47.2 Å². The SMILES string of the molecule is Cn1cc(-c2cc(F)cc(N3CCn4c(cc5c4CCCC5)C3=O)c2CO)cc(N=C(N)/C=C\C(N)N2CCN(C3COC3)CC2)c1=O. The number of anilines is 1. The lowest BCUT2D eigenvalue weighted by Crippen LogP contribution is -2.59. The number of aliphatic hydroxyl groups excluding tert-OH is 1. The number of amidine groups is 1. The van der Waals surface area contributed by atoms with Crippen molar-refractivity contribution >= 4 is 23.1 Å². The van der Waals surface area contributed by atoms with E-state index in [9.17, 15) is 14.7 Å². The van der Waals surface area contributed by atoms with Gasteiger partial charge in [0.05, 0.1) is 37.7 Å². The normalized spacial score (nSPS) is 20.2. The maximum atomic E-state index is 15.3. The number of fused-ring (bicyclic) bond motifs is 3. The summed E-state index contributed by atoms with van der Waals surface area (Å²) in [6, 6.07) is 6.59. The van der Waals surface area contributed by atoms with E-state index in [1.807, 2.05) is 6.07 Å². The zero-order valence-corrected chi connectivity index (χ0v) is 27.3. The third-order valence-electron chi connectivity index (χ3n) is 10.2. The summed E-state index contributed by atoms with van der Waals surface area (Å²) < 4.78 is 24.1. The van der Waals surface area contributed by atoms with Crippen molar-refractivity contribution < 1.29 is 19.0 Å². The smallest absolute Gasteiger partial charge is 0.276 e. The molecule has 1 amide bonds. The second-order valence-electron chi connectivity index (χ2n) is 13.1. The van der Waals surface area contributed by atoms with Crippen LogP contribution in [-0.4, -0.2) is 93.9 Å². The van der Waals surface area contributed by atoms with Crippen molar-refractivity contribution in [3.63, 3.8) is 0 Å². The van der Waals surface area contributed by atoms with E-state index in [2.05, 4.69) is 19.4 Å². The molecule has 7 rings (SSSR count). The molecule has 2 saturated heterocycles. The molecule has 48 heavy (non-hydrogen) atoms. The van der Waals surface area contributed by atoms with E-state index in [-0.39, 0.29) is 23.6 Å². The zero-order chi connectivity index (χ0) is 33.5. The standard InChI is InChI=1S/C35H43FN8O4/c1-40-18-23(14-28(34(40)46)39-32(37)6-7-33(38)42-10-8-41(9-11-42)25-20-48-21-25)26-16-24(36)17-30(27(26)19-45)44-13-12-43-29-5-3-2-4-22(29)15-31(43)35(44)47/h6-7,14-18,25,33,45H,2-5,8-13,19-21,38H2,1H3,(H2,37,39)/b7-6-. The van der Waals surface area contributed by atoms with Gasteiger partial charge in [-0.3, -0.25) is 19.4 Å². The summed E-state index contributed by atoms with van der Waals surface area (Å²) in [5.74, 6) is -0.695. The molecule has 3 aromatic rings. The summed E-state index contributed by atoms with van der Waals surface area (Å²) >= 11 is 0. The van der Waals surface area contributed by atoms with E-state index in [1.54, 1.807) is 30.3 Å². The van der Waals surface area contributed by atoms with Crippen molar-refractivity contribution in [1.29, 1.82) is 0 Å². The van der Waals surface area contributed by atoms with Gasteiger partial charge in [-0.25, -0.2) is 9.38 Å². The molecule has 1 aromatic carbocycles. The van der Waals surface area contributed by atoms with Gasteiger partial charge in [0.1, 0.15) is 23.0 Å². The van der Waals surface area contributed by atoms with Crippen LogP contribution in [0.4, 0.5) is 15.8 Å². The van der Waals surface area contributed by atoms with E-state index in [0.717, 1.165) is 65.1 Å². The molecule has 13 heteroatoms. The van der Waals surface area contributed by atoms with E-state index in [4.69, 9.17) is 16.2 Å². The first-order valence-corrected chi connectivity index (χ1v) is 16.7. The number of aryl methyl sites for hydroxylation is 2. The highest BCUT2D eigenvalue weighted by Gasteiger charge is 2.33. The molecule has 0 spiro atoms. The van der Waals surface area contributed by atoms with Gasteiger partial charge in [0.2, 0.25) is 0 Å². The highest BCUT2D eigenvalue weighted by atomic mass is 19.1. The Kier molecular flexibility index (Phi) is 9.05. The number of nitrogens with zero attached hydrogens (tertiary/aromatic N) is 6. The predicted octanol–water partition coefficient (Wildman–Crippen LogP) is 1.87. The van der Waals surface area contributed by atoms with Crippen molar-refractivity contribution in [3.8, 4) is 11.1 Å². The minimum Gasteiger partial charge on any atom is -0.392 e. The zero-order valence-electron chi connectivity index (χ0n) is 27.3. The quantitative estimate of drug-likeness (QED) is 0.246. The summed E-state index contributed by atoms with van der Waals surface area (Å²) in [5, 5.41) is 10.6. The number of pyridine rings is 1.